The molecule has 0 aromatic rings. The predicted octanol–water partition coefficient (Wildman–Crippen LogP) is 2.12. The number of hydrogen-bond acceptors (Lipinski definition) is 3. The molecule has 1 fully saturated rings. The van der Waals surface area contributed by atoms with Crippen LogP contribution < -0.4 is 5.32 Å². The lowest BCUT2D eigenvalue weighted by atomic mass is 9.80. The molecule has 0 aromatic carbocycles. The number of aliphatic hydroxyl groups is 1. The van der Waals surface area contributed by atoms with Crippen molar-refractivity contribution in [2.45, 2.75) is 46.3 Å². The maximum absolute atomic E-state index is 10.1. The van der Waals surface area contributed by atoms with Gasteiger partial charge < -0.3 is 10.4 Å². The van der Waals surface area contributed by atoms with Crippen molar-refractivity contribution in [1.29, 1.82) is 0 Å². The molecule has 1 saturated heterocycles. The van der Waals surface area contributed by atoms with Crippen LogP contribution in [0.25, 0.3) is 0 Å². The Morgan fingerprint density at radius 1 is 1.47 bits per heavy atom. The summed E-state index contributed by atoms with van der Waals surface area (Å²) in [5, 5.41) is 13.7. The Hall–Kier alpha value is 0.270. The van der Waals surface area contributed by atoms with Gasteiger partial charge in [-0.15, -0.1) is 0 Å². The van der Waals surface area contributed by atoms with Crippen molar-refractivity contribution in [1.82, 2.24) is 5.32 Å². The van der Waals surface area contributed by atoms with E-state index in [0.29, 0.717) is 12.0 Å². The zero-order valence-corrected chi connectivity index (χ0v) is 11.2. The van der Waals surface area contributed by atoms with Crippen molar-refractivity contribution in [3.63, 3.8) is 0 Å². The summed E-state index contributed by atoms with van der Waals surface area (Å²) in [6.45, 7) is 9.37. The predicted molar refractivity (Wildman–Crippen MR) is 68.4 cm³/mol. The minimum absolute atomic E-state index is 0.0264. The van der Waals surface area contributed by atoms with E-state index >= 15 is 0 Å². The zero-order chi connectivity index (χ0) is 11.5. The summed E-state index contributed by atoms with van der Waals surface area (Å²) in [6, 6.07) is 0.661. The van der Waals surface area contributed by atoms with Gasteiger partial charge in [0, 0.05) is 23.8 Å². The first-order valence-electron chi connectivity index (χ1n) is 5.92. The van der Waals surface area contributed by atoms with E-state index in [1.54, 1.807) is 0 Å². The highest BCUT2D eigenvalue weighted by Gasteiger charge is 2.30. The summed E-state index contributed by atoms with van der Waals surface area (Å²) in [5.74, 6) is 2.85. The van der Waals surface area contributed by atoms with Crippen LogP contribution in [0.4, 0.5) is 0 Å². The number of hydrogen-bond donors (Lipinski definition) is 2. The Labute approximate surface area is 98.2 Å². The highest BCUT2D eigenvalue weighted by molar-refractivity contribution is 7.99. The molecule has 2 nitrogen and oxygen atoms in total. The van der Waals surface area contributed by atoms with Crippen molar-refractivity contribution in [2.24, 2.45) is 11.3 Å². The van der Waals surface area contributed by atoms with Gasteiger partial charge in [0.25, 0.3) is 0 Å². The SMILES string of the molecule is CC(C)C(O)C(C)(C)CNC1CCSC1. The third-order valence-corrected chi connectivity index (χ3v) is 4.37. The Balaban J connectivity index is 2.34. The summed E-state index contributed by atoms with van der Waals surface area (Å²) in [7, 11) is 0. The first-order chi connectivity index (χ1) is 6.93. The molecule has 0 radical (unpaired) electrons. The zero-order valence-electron chi connectivity index (χ0n) is 10.4. The lowest BCUT2D eigenvalue weighted by Crippen LogP contribution is -2.44. The van der Waals surface area contributed by atoms with Crippen molar-refractivity contribution < 1.29 is 5.11 Å². The van der Waals surface area contributed by atoms with E-state index in [0.717, 1.165) is 6.54 Å². The fourth-order valence-electron chi connectivity index (χ4n) is 2.11. The van der Waals surface area contributed by atoms with Crippen molar-refractivity contribution >= 4 is 11.8 Å². The fourth-order valence-corrected chi connectivity index (χ4v) is 3.30. The maximum atomic E-state index is 10.1. The minimum Gasteiger partial charge on any atom is -0.392 e. The van der Waals surface area contributed by atoms with Crippen LogP contribution in [0.3, 0.4) is 0 Å². The van der Waals surface area contributed by atoms with Gasteiger partial charge in [-0.3, -0.25) is 0 Å². The van der Waals surface area contributed by atoms with E-state index in [2.05, 4.69) is 33.0 Å². The molecule has 0 aliphatic carbocycles. The van der Waals surface area contributed by atoms with Crippen molar-refractivity contribution in [2.75, 3.05) is 18.1 Å². The molecular weight excluding hydrogens is 206 g/mol. The van der Waals surface area contributed by atoms with Gasteiger partial charge in [0.05, 0.1) is 6.10 Å². The smallest absolute Gasteiger partial charge is 0.0626 e. The minimum atomic E-state index is -0.223. The molecule has 0 amide bonds. The average Bonchev–Trinajstić information content (AvgIpc) is 2.66. The number of nitrogens with one attached hydrogen (secondary N) is 1. The second-order valence-electron chi connectivity index (χ2n) is 5.62. The van der Waals surface area contributed by atoms with Gasteiger partial charge in [0.1, 0.15) is 0 Å². The van der Waals surface area contributed by atoms with Crippen LogP contribution in [-0.2, 0) is 0 Å². The third kappa shape index (κ3) is 3.97. The highest BCUT2D eigenvalue weighted by atomic mass is 32.2. The molecule has 15 heavy (non-hydrogen) atoms. The van der Waals surface area contributed by atoms with E-state index in [4.69, 9.17) is 0 Å². The van der Waals surface area contributed by atoms with Gasteiger partial charge in [0.15, 0.2) is 0 Å². The molecule has 1 aliphatic rings. The standard InChI is InChI=1S/C12H25NOS/c1-9(2)11(14)12(3,4)8-13-10-5-6-15-7-10/h9-11,13-14H,5-8H2,1-4H3. The van der Waals surface area contributed by atoms with Crippen LogP contribution in [0.15, 0.2) is 0 Å². The second kappa shape index (κ2) is 5.55. The van der Waals surface area contributed by atoms with E-state index in [-0.39, 0.29) is 11.5 Å². The Morgan fingerprint density at radius 3 is 2.60 bits per heavy atom. The highest BCUT2D eigenvalue weighted by Crippen LogP contribution is 2.26. The second-order valence-corrected chi connectivity index (χ2v) is 6.77. The van der Waals surface area contributed by atoms with Gasteiger partial charge in [-0.2, -0.15) is 11.8 Å². The van der Waals surface area contributed by atoms with E-state index < -0.39 is 0 Å². The van der Waals surface area contributed by atoms with Crippen LogP contribution in [0.2, 0.25) is 0 Å². The molecule has 1 aliphatic heterocycles. The van der Waals surface area contributed by atoms with E-state index in [1.165, 1.54) is 17.9 Å². The van der Waals surface area contributed by atoms with Gasteiger partial charge in [-0.1, -0.05) is 27.7 Å². The van der Waals surface area contributed by atoms with Crippen LogP contribution in [0.5, 0.6) is 0 Å². The molecule has 0 spiro atoms. The first-order valence-corrected chi connectivity index (χ1v) is 7.08. The van der Waals surface area contributed by atoms with E-state index in [1.807, 2.05) is 11.8 Å². The number of thioether (sulfide) groups is 1. The third-order valence-electron chi connectivity index (χ3n) is 3.21. The van der Waals surface area contributed by atoms with Gasteiger partial charge in [-0.25, -0.2) is 0 Å². The lowest BCUT2D eigenvalue weighted by molar-refractivity contribution is 0.0125. The Bertz CT molecular complexity index is 188. The monoisotopic (exact) mass is 231 g/mol. The van der Waals surface area contributed by atoms with Crippen LogP contribution in [-0.4, -0.2) is 35.3 Å². The van der Waals surface area contributed by atoms with Crippen molar-refractivity contribution in [3.8, 4) is 0 Å². The largest absolute Gasteiger partial charge is 0.392 e. The molecule has 1 heterocycles. The molecule has 2 atom stereocenters. The van der Waals surface area contributed by atoms with E-state index in [9.17, 15) is 5.11 Å². The molecule has 1 rings (SSSR count). The Kier molecular flexibility index (Phi) is 4.94. The summed E-state index contributed by atoms with van der Waals surface area (Å²) in [6.07, 6.45) is 1.05. The fraction of sp³-hybridized carbons (Fsp3) is 1.00. The number of aliphatic hydroxyl groups excluding tert-OH is 1. The Morgan fingerprint density at radius 2 is 2.13 bits per heavy atom. The van der Waals surface area contributed by atoms with Crippen LogP contribution >= 0.6 is 11.8 Å². The van der Waals surface area contributed by atoms with Gasteiger partial charge in [-0.05, 0) is 18.1 Å². The van der Waals surface area contributed by atoms with Gasteiger partial charge >= 0.3 is 0 Å². The average molecular weight is 231 g/mol. The molecule has 0 aromatic heterocycles. The quantitative estimate of drug-likeness (QED) is 0.760. The first kappa shape index (κ1) is 13.3. The summed E-state index contributed by atoms with van der Waals surface area (Å²) in [4.78, 5) is 0. The topological polar surface area (TPSA) is 32.3 Å². The normalized spacial score (nSPS) is 24.8. The maximum Gasteiger partial charge on any atom is 0.0626 e. The van der Waals surface area contributed by atoms with Crippen molar-refractivity contribution in [3.05, 3.63) is 0 Å². The number of rotatable bonds is 5. The van der Waals surface area contributed by atoms with Crippen LogP contribution in [0.1, 0.15) is 34.1 Å². The van der Waals surface area contributed by atoms with Crippen LogP contribution in [0, 0.1) is 11.3 Å². The molecule has 90 valence electrons. The summed E-state index contributed by atoms with van der Waals surface area (Å²) in [5.41, 5.74) is -0.0264. The molecule has 2 N–H and O–H groups in total. The molecular formula is C12H25NOS. The molecule has 0 saturated carbocycles. The summed E-state index contributed by atoms with van der Waals surface area (Å²) < 4.78 is 0. The van der Waals surface area contributed by atoms with Gasteiger partial charge in [0.2, 0.25) is 0 Å². The molecule has 3 heteroatoms. The molecule has 0 bridgehead atoms. The lowest BCUT2D eigenvalue weighted by Gasteiger charge is -2.34. The summed E-state index contributed by atoms with van der Waals surface area (Å²) >= 11 is 2.02. The molecule has 2 unspecified atom stereocenters.